The van der Waals surface area contributed by atoms with Gasteiger partial charge >= 0.3 is 0 Å². The Kier molecular flexibility index (Phi) is 8.58. The molecule has 0 aliphatic rings. The lowest BCUT2D eigenvalue weighted by Gasteiger charge is -2.24. The van der Waals surface area contributed by atoms with E-state index in [9.17, 15) is 0 Å². The Bertz CT molecular complexity index is 406. The van der Waals surface area contributed by atoms with Crippen molar-refractivity contribution in [3.63, 3.8) is 0 Å². The van der Waals surface area contributed by atoms with Gasteiger partial charge in [-0.15, -0.1) is 6.58 Å². The summed E-state index contributed by atoms with van der Waals surface area (Å²) < 4.78 is 12.1. The largest absolute Gasteiger partial charge is 0.473 e. The molecule has 0 aliphatic heterocycles. The standard InChI is InChI=1S/C16H22O2S2/c1-4-8-13(2)15(18-16(19)20-3)12-17-11-14-9-6-5-7-10-14/h4-7,9-10,13,15H,1,8,11-12H2,2-3H3/t13-,15?/m1/s1. The van der Waals surface area contributed by atoms with E-state index in [1.807, 2.05) is 30.5 Å². The average Bonchev–Trinajstić information content (AvgIpc) is 2.47. The Morgan fingerprint density at radius 2 is 2.10 bits per heavy atom. The number of ether oxygens (including phenoxy) is 2. The topological polar surface area (TPSA) is 18.5 Å². The van der Waals surface area contributed by atoms with Crippen LogP contribution >= 0.6 is 24.0 Å². The van der Waals surface area contributed by atoms with Gasteiger partial charge in [-0.3, -0.25) is 0 Å². The molecule has 0 spiro atoms. The van der Waals surface area contributed by atoms with Crippen LogP contribution in [0.15, 0.2) is 43.0 Å². The molecule has 1 unspecified atom stereocenters. The van der Waals surface area contributed by atoms with E-state index >= 15 is 0 Å². The number of rotatable bonds is 8. The molecule has 0 heterocycles. The van der Waals surface area contributed by atoms with Gasteiger partial charge in [0.2, 0.25) is 4.38 Å². The van der Waals surface area contributed by atoms with Crippen LogP contribution in [-0.4, -0.2) is 23.3 Å². The zero-order valence-electron chi connectivity index (χ0n) is 12.1. The summed E-state index contributed by atoms with van der Waals surface area (Å²) in [4.78, 5) is 0. The normalized spacial score (nSPS) is 13.5. The fourth-order valence-electron chi connectivity index (χ4n) is 1.77. The van der Waals surface area contributed by atoms with Crippen LogP contribution in [0.5, 0.6) is 0 Å². The Morgan fingerprint density at radius 1 is 1.40 bits per heavy atom. The summed E-state index contributed by atoms with van der Waals surface area (Å²) in [5.41, 5.74) is 1.16. The lowest BCUT2D eigenvalue weighted by atomic mass is 10.0. The fourth-order valence-corrected chi connectivity index (χ4v) is 2.11. The molecule has 4 heteroatoms. The highest BCUT2D eigenvalue weighted by Gasteiger charge is 2.19. The highest BCUT2D eigenvalue weighted by atomic mass is 32.2. The molecule has 0 amide bonds. The number of thiocarbonyl (C=S) groups is 1. The molecule has 1 aromatic rings. The van der Waals surface area contributed by atoms with Crippen LogP contribution in [0.4, 0.5) is 0 Å². The first kappa shape index (κ1) is 17.2. The summed E-state index contributed by atoms with van der Waals surface area (Å²) in [6.45, 7) is 7.03. The van der Waals surface area contributed by atoms with E-state index in [-0.39, 0.29) is 6.10 Å². The average molecular weight is 310 g/mol. The van der Waals surface area contributed by atoms with Crippen molar-refractivity contribution < 1.29 is 9.47 Å². The molecule has 1 rings (SSSR count). The van der Waals surface area contributed by atoms with Gasteiger partial charge in [0, 0.05) is 0 Å². The van der Waals surface area contributed by atoms with Crippen molar-refractivity contribution in [2.45, 2.75) is 26.1 Å². The van der Waals surface area contributed by atoms with Crippen molar-refractivity contribution in [3.8, 4) is 0 Å². The smallest absolute Gasteiger partial charge is 0.220 e. The maximum absolute atomic E-state index is 5.77. The van der Waals surface area contributed by atoms with Gasteiger partial charge in [0.25, 0.3) is 0 Å². The van der Waals surface area contributed by atoms with Gasteiger partial charge < -0.3 is 9.47 Å². The van der Waals surface area contributed by atoms with E-state index in [0.29, 0.717) is 23.5 Å². The maximum Gasteiger partial charge on any atom is 0.220 e. The van der Waals surface area contributed by atoms with Gasteiger partial charge in [-0.05, 0) is 36.4 Å². The summed E-state index contributed by atoms with van der Waals surface area (Å²) in [5, 5.41) is 0. The van der Waals surface area contributed by atoms with Crippen LogP contribution in [0, 0.1) is 5.92 Å². The molecule has 0 fully saturated rings. The highest BCUT2D eigenvalue weighted by Crippen LogP contribution is 2.17. The van der Waals surface area contributed by atoms with E-state index < -0.39 is 0 Å². The highest BCUT2D eigenvalue weighted by molar-refractivity contribution is 8.22. The van der Waals surface area contributed by atoms with Crippen LogP contribution in [0.25, 0.3) is 0 Å². The van der Waals surface area contributed by atoms with Gasteiger partial charge in [-0.25, -0.2) is 0 Å². The molecular formula is C16H22O2S2. The van der Waals surface area contributed by atoms with Crippen LogP contribution < -0.4 is 0 Å². The van der Waals surface area contributed by atoms with Gasteiger partial charge in [-0.2, -0.15) is 0 Å². The van der Waals surface area contributed by atoms with Crippen molar-refractivity contribution in [2.75, 3.05) is 12.9 Å². The minimum absolute atomic E-state index is 0.0309. The monoisotopic (exact) mass is 310 g/mol. The zero-order chi connectivity index (χ0) is 14.8. The Hall–Kier alpha value is -0.840. The minimum Gasteiger partial charge on any atom is -0.473 e. The Balaban J connectivity index is 2.46. The molecule has 0 saturated heterocycles. The maximum atomic E-state index is 5.77. The van der Waals surface area contributed by atoms with E-state index in [0.717, 1.165) is 12.0 Å². The van der Waals surface area contributed by atoms with Crippen LogP contribution in [0.3, 0.4) is 0 Å². The molecule has 0 saturated carbocycles. The summed E-state index contributed by atoms with van der Waals surface area (Å²) in [7, 11) is 0. The first-order valence-electron chi connectivity index (χ1n) is 6.64. The van der Waals surface area contributed by atoms with Gasteiger partial charge in [0.15, 0.2) is 0 Å². The van der Waals surface area contributed by atoms with Gasteiger partial charge in [0.1, 0.15) is 6.10 Å². The number of benzene rings is 1. The van der Waals surface area contributed by atoms with Crippen LogP contribution in [0.1, 0.15) is 18.9 Å². The Labute approximate surface area is 131 Å². The van der Waals surface area contributed by atoms with Crippen LogP contribution in [0.2, 0.25) is 0 Å². The lowest BCUT2D eigenvalue weighted by Crippen LogP contribution is -2.28. The van der Waals surface area contributed by atoms with E-state index in [1.54, 1.807) is 0 Å². The molecular weight excluding hydrogens is 288 g/mol. The molecule has 0 bridgehead atoms. The first-order chi connectivity index (χ1) is 9.67. The SMILES string of the molecule is C=CC[C@@H](C)C(COCc1ccccc1)OC(=S)SC. The second-order valence-electron chi connectivity index (χ2n) is 4.61. The van der Waals surface area contributed by atoms with Crippen molar-refractivity contribution in [2.24, 2.45) is 5.92 Å². The third-order valence-electron chi connectivity index (χ3n) is 2.98. The third kappa shape index (κ3) is 6.55. The number of thioether (sulfide) groups is 1. The predicted molar refractivity (Wildman–Crippen MR) is 91.1 cm³/mol. The molecule has 110 valence electrons. The second-order valence-corrected chi connectivity index (χ2v) is 6.02. The van der Waals surface area contributed by atoms with E-state index in [1.165, 1.54) is 11.8 Å². The van der Waals surface area contributed by atoms with Crippen molar-refractivity contribution in [3.05, 3.63) is 48.6 Å². The number of allylic oxidation sites excluding steroid dienone is 1. The predicted octanol–water partition coefficient (Wildman–Crippen LogP) is 4.45. The van der Waals surface area contributed by atoms with Gasteiger partial charge in [-0.1, -0.05) is 55.1 Å². The quantitative estimate of drug-likeness (QED) is 0.521. The number of hydrogen-bond donors (Lipinski definition) is 0. The molecule has 20 heavy (non-hydrogen) atoms. The first-order valence-corrected chi connectivity index (χ1v) is 8.27. The summed E-state index contributed by atoms with van der Waals surface area (Å²) in [6.07, 6.45) is 4.68. The van der Waals surface area contributed by atoms with Gasteiger partial charge in [0.05, 0.1) is 13.2 Å². The summed E-state index contributed by atoms with van der Waals surface area (Å²) >= 11 is 6.58. The molecule has 2 atom stereocenters. The fraction of sp³-hybridized carbons (Fsp3) is 0.438. The molecule has 0 aliphatic carbocycles. The molecule has 1 aromatic carbocycles. The van der Waals surface area contributed by atoms with Crippen LogP contribution in [-0.2, 0) is 16.1 Å². The zero-order valence-corrected chi connectivity index (χ0v) is 13.7. The molecule has 0 aromatic heterocycles. The van der Waals surface area contributed by atoms with Crippen molar-refractivity contribution in [1.82, 2.24) is 0 Å². The van der Waals surface area contributed by atoms with E-state index in [2.05, 4.69) is 25.6 Å². The van der Waals surface area contributed by atoms with E-state index in [4.69, 9.17) is 21.7 Å². The molecule has 0 N–H and O–H groups in total. The minimum atomic E-state index is -0.0309. The molecule has 2 nitrogen and oxygen atoms in total. The number of hydrogen-bond acceptors (Lipinski definition) is 4. The summed E-state index contributed by atoms with van der Waals surface area (Å²) in [5.74, 6) is 0.327. The van der Waals surface area contributed by atoms with Crippen molar-refractivity contribution >= 4 is 28.4 Å². The van der Waals surface area contributed by atoms with Crippen molar-refractivity contribution in [1.29, 1.82) is 0 Å². The lowest BCUT2D eigenvalue weighted by molar-refractivity contribution is 0.0143. The molecule has 0 radical (unpaired) electrons. The summed E-state index contributed by atoms with van der Waals surface area (Å²) in [6, 6.07) is 10.1. The third-order valence-corrected chi connectivity index (χ3v) is 4.01. The second kappa shape index (κ2) is 9.97. The Morgan fingerprint density at radius 3 is 2.70 bits per heavy atom.